The molecule has 0 amide bonds. The Hall–Kier alpha value is -1.01. The summed E-state index contributed by atoms with van der Waals surface area (Å²) in [5.74, 6) is 0.401. The van der Waals surface area contributed by atoms with Gasteiger partial charge in [-0.05, 0) is 29.7 Å². The summed E-state index contributed by atoms with van der Waals surface area (Å²) in [4.78, 5) is 0. The summed E-state index contributed by atoms with van der Waals surface area (Å²) in [5.41, 5.74) is 2.78. The average molecular weight is 545 g/mol. The number of hydrogen-bond acceptors (Lipinski definition) is 2. The molecule has 0 aliphatic carbocycles. The molecule has 212 valence electrons. The van der Waals surface area contributed by atoms with Crippen LogP contribution in [0.1, 0.15) is 136 Å². The van der Waals surface area contributed by atoms with Gasteiger partial charge in [0.1, 0.15) is 16.1 Å². The van der Waals surface area contributed by atoms with Crippen molar-refractivity contribution < 1.29 is 8.83 Å². The van der Waals surface area contributed by atoms with E-state index in [1.807, 2.05) is 0 Å². The van der Waals surface area contributed by atoms with Gasteiger partial charge in [-0.25, -0.2) is 0 Å². The molecular weight excluding hydrogens is 485 g/mol. The summed E-state index contributed by atoms with van der Waals surface area (Å²) < 4.78 is 12.8. The molecule has 0 spiro atoms. The molecule has 2 aromatic rings. The molecule has 0 saturated carbocycles. The zero-order valence-corrected chi connectivity index (χ0v) is 27.7. The Morgan fingerprint density at radius 1 is 0.514 bits per heavy atom. The lowest BCUT2D eigenvalue weighted by molar-refractivity contribution is 0.533. The topological polar surface area (TPSA) is 26.3 Å². The van der Waals surface area contributed by atoms with Crippen LogP contribution < -0.4 is 10.8 Å². The molecule has 0 atom stereocenters. The SMILES string of the molecule is CCCCCCCCCCCCC(c1coc([Si](CC)(CC)CC)c1)c1coc([Si](CC)(CC)CC)c1. The van der Waals surface area contributed by atoms with Gasteiger partial charge in [0.15, 0.2) is 0 Å². The van der Waals surface area contributed by atoms with Gasteiger partial charge in [-0.1, -0.05) is 149 Å². The molecule has 0 saturated heterocycles. The molecule has 2 rings (SSSR count). The highest BCUT2D eigenvalue weighted by atomic mass is 28.3. The summed E-state index contributed by atoms with van der Waals surface area (Å²) in [6.45, 7) is 16.5. The molecule has 4 heteroatoms. The first kappa shape index (κ1) is 32.2. The number of unbranched alkanes of at least 4 members (excludes halogenated alkanes) is 9. The maximum Gasteiger partial charge on any atom is 0.131 e. The van der Waals surface area contributed by atoms with Crippen molar-refractivity contribution in [1.82, 2.24) is 0 Å². The van der Waals surface area contributed by atoms with Gasteiger partial charge >= 0.3 is 0 Å². The first-order chi connectivity index (χ1) is 18.0. The maximum atomic E-state index is 6.38. The summed E-state index contributed by atoms with van der Waals surface area (Å²) in [6, 6.07) is 12.5. The summed E-state index contributed by atoms with van der Waals surface area (Å²) in [6.07, 6.45) is 19.3. The lowest BCUT2D eigenvalue weighted by Gasteiger charge is -2.25. The van der Waals surface area contributed by atoms with Crippen LogP contribution in [0.4, 0.5) is 0 Å². The van der Waals surface area contributed by atoms with Crippen LogP contribution in [0.15, 0.2) is 33.5 Å². The molecule has 37 heavy (non-hydrogen) atoms. The lowest BCUT2D eigenvalue weighted by atomic mass is 9.90. The third kappa shape index (κ3) is 8.49. The van der Waals surface area contributed by atoms with Crippen molar-refractivity contribution in [2.24, 2.45) is 0 Å². The highest BCUT2D eigenvalue weighted by molar-refractivity contribution is 6.91. The molecule has 2 nitrogen and oxygen atoms in total. The zero-order valence-electron chi connectivity index (χ0n) is 25.7. The predicted octanol–water partition coefficient (Wildman–Crippen LogP) is 10.7. The molecule has 0 fully saturated rings. The van der Waals surface area contributed by atoms with E-state index in [-0.39, 0.29) is 0 Å². The summed E-state index contributed by atoms with van der Waals surface area (Å²) in [7, 11) is -3.02. The van der Waals surface area contributed by atoms with Crippen molar-refractivity contribution in [1.29, 1.82) is 0 Å². The normalized spacial score (nSPS) is 12.6. The minimum Gasteiger partial charge on any atom is -0.474 e. The number of rotatable bonds is 21. The Morgan fingerprint density at radius 3 is 1.22 bits per heavy atom. The van der Waals surface area contributed by atoms with Gasteiger partial charge in [-0.15, -0.1) is 0 Å². The smallest absolute Gasteiger partial charge is 0.131 e. The van der Waals surface area contributed by atoms with E-state index in [0.717, 1.165) is 0 Å². The summed E-state index contributed by atoms with van der Waals surface area (Å²) >= 11 is 0. The first-order valence-corrected chi connectivity index (χ1v) is 21.4. The number of hydrogen-bond donors (Lipinski definition) is 0. The molecule has 0 aliphatic rings. The van der Waals surface area contributed by atoms with Crippen LogP contribution in [0, 0.1) is 0 Å². The van der Waals surface area contributed by atoms with Crippen molar-refractivity contribution in [3.63, 3.8) is 0 Å². The third-order valence-corrected chi connectivity index (χ3v) is 20.7. The second-order valence-electron chi connectivity index (χ2n) is 11.7. The van der Waals surface area contributed by atoms with E-state index in [4.69, 9.17) is 8.83 Å². The Bertz CT molecular complexity index is 769. The largest absolute Gasteiger partial charge is 0.474 e. The van der Waals surface area contributed by atoms with Crippen LogP contribution in [0.3, 0.4) is 0 Å². The van der Waals surface area contributed by atoms with Crippen molar-refractivity contribution in [2.75, 3.05) is 0 Å². The fourth-order valence-electron chi connectivity index (χ4n) is 6.53. The molecule has 0 unspecified atom stereocenters. The Labute approximate surface area is 232 Å². The highest BCUT2D eigenvalue weighted by Crippen LogP contribution is 2.33. The van der Waals surface area contributed by atoms with E-state index < -0.39 is 16.1 Å². The molecule has 2 aromatic heterocycles. The third-order valence-electron chi connectivity index (χ3n) is 10.00. The standard InChI is InChI=1S/C33H60O2Si2/c1-8-15-16-17-18-19-20-21-22-23-24-31(29-25-32(34-27-29)36(9-2,10-3)11-4)30-26-33(35-28-30)37(12-5,13-6)14-7/h25-28,31H,8-24H2,1-7H3. The lowest BCUT2D eigenvalue weighted by Crippen LogP contribution is -2.45. The first-order valence-electron chi connectivity index (χ1n) is 16.2. The van der Waals surface area contributed by atoms with Crippen molar-refractivity contribution in [2.45, 2.75) is 161 Å². The Kier molecular flexibility index (Phi) is 14.7. The van der Waals surface area contributed by atoms with Gasteiger partial charge in [0.2, 0.25) is 0 Å². The van der Waals surface area contributed by atoms with Crippen LogP contribution in [0.2, 0.25) is 36.3 Å². The van der Waals surface area contributed by atoms with E-state index in [1.54, 1.807) is 0 Å². The molecule has 0 bridgehead atoms. The minimum absolute atomic E-state index is 0.401. The zero-order chi connectivity index (χ0) is 27.2. The minimum atomic E-state index is -1.51. The van der Waals surface area contributed by atoms with Crippen LogP contribution in [-0.2, 0) is 0 Å². The quantitative estimate of drug-likeness (QED) is 0.115. The maximum absolute atomic E-state index is 6.38. The van der Waals surface area contributed by atoms with Crippen LogP contribution in [0.25, 0.3) is 0 Å². The van der Waals surface area contributed by atoms with E-state index in [0.29, 0.717) is 5.92 Å². The van der Waals surface area contributed by atoms with E-state index in [1.165, 1.54) is 129 Å². The van der Waals surface area contributed by atoms with Crippen molar-refractivity contribution >= 4 is 26.9 Å². The molecule has 2 heterocycles. The van der Waals surface area contributed by atoms with Gasteiger partial charge in [-0.2, -0.15) is 0 Å². The summed E-state index contributed by atoms with van der Waals surface area (Å²) in [5, 5.41) is 2.65. The monoisotopic (exact) mass is 544 g/mol. The predicted molar refractivity (Wildman–Crippen MR) is 169 cm³/mol. The van der Waals surface area contributed by atoms with Crippen molar-refractivity contribution in [3.8, 4) is 0 Å². The number of furan rings is 2. The Balaban J connectivity index is 2.14. The molecule has 0 aromatic carbocycles. The van der Waals surface area contributed by atoms with E-state index in [2.05, 4.69) is 73.1 Å². The molecule has 0 radical (unpaired) electrons. The van der Waals surface area contributed by atoms with E-state index in [9.17, 15) is 0 Å². The molecular formula is C33H60O2Si2. The second-order valence-corrected chi connectivity index (χ2v) is 22.0. The fraction of sp³-hybridized carbons (Fsp3) is 0.758. The Morgan fingerprint density at radius 2 is 0.865 bits per heavy atom. The second kappa shape index (κ2) is 16.8. The fourth-order valence-corrected chi connectivity index (χ4v) is 13.2. The molecule has 0 aliphatic heterocycles. The van der Waals surface area contributed by atoms with Crippen LogP contribution in [-0.4, -0.2) is 16.1 Å². The van der Waals surface area contributed by atoms with Gasteiger partial charge in [0.25, 0.3) is 0 Å². The van der Waals surface area contributed by atoms with Crippen LogP contribution >= 0.6 is 0 Å². The average Bonchev–Trinajstić information content (AvgIpc) is 3.62. The van der Waals surface area contributed by atoms with Crippen molar-refractivity contribution in [3.05, 3.63) is 35.8 Å². The van der Waals surface area contributed by atoms with Gasteiger partial charge in [0.05, 0.1) is 23.3 Å². The van der Waals surface area contributed by atoms with Crippen LogP contribution in [0.5, 0.6) is 0 Å². The van der Waals surface area contributed by atoms with Gasteiger partial charge < -0.3 is 8.83 Å². The highest BCUT2D eigenvalue weighted by Gasteiger charge is 2.35. The molecule has 0 N–H and O–H groups in total. The van der Waals surface area contributed by atoms with Gasteiger partial charge in [0, 0.05) is 5.92 Å². The van der Waals surface area contributed by atoms with Gasteiger partial charge in [-0.3, -0.25) is 0 Å². The van der Waals surface area contributed by atoms with E-state index >= 15 is 0 Å².